The zero-order valence-corrected chi connectivity index (χ0v) is 16.5. The molecule has 8 heteroatoms. The lowest BCUT2D eigenvalue weighted by Gasteiger charge is -2.15. The summed E-state index contributed by atoms with van der Waals surface area (Å²) in [7, 11) is 0. The molecule has 0 unspecified atom stereocenters. The summed E-state index contributed by atoms with van der Waals surface area (Å²) >= 11 is 0. The zero-order valence-electron chi connectivity index (χ0n) is 16.5. The number of aromatic nitrogens is 2. The van der Waals surface area contributed by atoms with Gasteiger partial charge in [-0.3, -0.25) is 14.3 Å². The van der Waals surface area contributed by atoms with Crippen LogP contribution in [0.15, 0.2) is 48.7 Å². The Labute approximate surface area is 171 Å². The van der Waals surface area contributed by atoms with Gasteiger partial charge in [-0.25, -0.2) is 8.78 Å². The molecule has 0 atom stereocenters. The molecule has 1 aromatic heterocycles. The second kappa shape index (κ2) is 7.37. The van der Waals surface area contributed by atoms with Gasteiger partial charge in [-0.2, -0.15) is 5.10 Å². The van der Waals surface area contributed by atoms with Crippen LogP contribution in [0, 0.1) is 11.6 Å². The molecule has 6 nitrogen and oxygen atoms in total. The van der Waals surface area contributed by atoms with E-state index in [1.165, 1.54) is 10.7 Å². The third-order valence-corrected chi connectivity index (χ3v) is 5.17. The second-order valence-corrected chi connectivity index (χ2v) is 7.83. The summed E-state index contributed by atoms with van der Waals surface area (Å²) in [4.78, 5) is 24.5. The van der Waals surface area contributed by atoms with Crippen LogP contribution in [-0.4, -0.2) is 21.6 Å². The highest BCUT2D eigenvalue weighted by Crippen LogP contribution is 2.37. The van der Waals surface area contributed by atoms with E-state index in [1.807, 2.05) is 26.0 Å². The van der Waals surface area contributed by atoms with Gasteiger partial charge >= 0.3 is 0 Å². The fraction of sp³-hybridized carbons (Fsp3) is 0.227. The quantitative estimate of drug-likeness (QED) is 0.675. The van der Waals surface area contributed by atoms with E-state index in [1.54, 1.807) is 18.3 Å². The SMILES string of the molecule is CC1(C)C(=O)Nc2ccc(CC(=O)Nc3ccn(Cc4ccc(F)c(F)c4)n3)cc21. The predicted octanol–water partition coefficient (Wildman–Crippen LogP) is 3.62. The van der Waals surface area contributed by atoms with Crippen molar-refractivity contribution < 1.29 is 18.4 Å². The Morgan fingerprint density at radius 1 is 1.10 bits per heavy atom. The van der Waals surface area contributed by atoms with Gasteiger partial charge in [0.2, 0.25) is 11.8 Å². The van der Waals surface area contributed by atoms with Crippen molar-refractivity contribution in [3.8, 4) is 0 Å². The first kappa shape index (κ1) is 19.8. The molecule has 2 heterocycles. The van der Waals surface area contributed by atoms with Gasteiger partial charge in [0.25, 0.3) is 0 Å². The molecule has 1 aliphatic rings. The Hall–Kier alpha value is -3.55. The maximum absolute atomic E-state index is 13.3. The van der Waals surface area contributed by atoms with Crippen LogP contribution >= 0.6 is 0 Å². The molecule has 0 radical (unpaired) electrons. The lowest BCUT2D eigenvalue weighted by atomic mass is 9.85. The molecular formula is C22H20F2N4O2. The first-order valence-corrected chi connectivity index (χ1v) is 9.44. The van der Waals surface area contributed by atoms with Crippen molar-refractivity contribution in [3.05, 3.63) is 77.0 Å². The highest BCUT2D eigenvalue weighted by Gasteiger charge is 2.38. The van der Waals surface area contributed by atoms with Crippen LogP contribution in [0.3, 0.4) is 0 Å². The molecule has 2 aromatic carbocycles. The highest BCUT2D eigenvalue weighted by molar-refractivity contribution is 6.05. The van der Waals surface area contributed by atoms with Gasteiger partial charge in [-0.15, -0.1) is 0 Å². The van der Waals surface area contributed by atoms with Crippen molar-refractivity contribution in [2.75, 3.05) is 10.6 Å². The van der Waals surface area contributed by atoms with Crippen LogP contribution in [0.5, 0.6) is 0 Å². The maximum atomic E-state index is 13.3. The van der Waals surface area contributed by atoms with Gasteiger partial charge in [0.1, 0.15) is 0 Å². The number of benzene rings is 2. The minimum absolute atomic E-state index is 0.0642. The van der Waals surface area contributed by atoms with Crippen molar-refractivity contribution >= 4 is 23.3 Å². The Kier molecular flexibility index (Phi) is 4.85. The normalized spacial score (nSPS) is 14.3. The van der Waals surface area contributed by atoms with E-state index in [4.69, 9.17) is 0 Å². The van der Waals surface area contributed by atoms with E-state index in [0.717, 1.165) is 28.9 Å². The van der Waals surface area contributed by atoms with Crippen LogP contribution in [0.25, 0.3) is 0 Å². The highest BCUT2D eigenvalue weighted by atomic mass is 19.2. The first-order chi connectivity index (χ1) is 14.2. The average Bonchev–Trinajstić information content (AvgIpc) is 3.20. The summed E-state index contributed by atoms with van der Waals surface area (Å²) in [5.74, 6) is -1.76. The molecule has 0 bridgehead atoms. The Morgan fingerprint density at radius 2 is 1.87 bits per heavy atom. The zero-order chi connectivity index (χ0) is 21.5. The van der Waals surface area contributed by atoms with Gasteiger partial charge in [-0.1, -0.05) is 18.2 Å². The molecule has 0 fully saturated rings. The number of carbonyl (C=O) groups excluding carboxylic acids is 2. The molecule has 0 saturated carbocycles. The molecule has 1 aliphatic heterocycles. The average molecular weight is 410 g/mol. The minimum Gasteiger partial charge on any atom is -0.325 e. The van der Waals surface area contributed by atoms with Crippen molar-refractivity contribution in [2.24, 2.45) is 0 Å². The summed E-state index contributed by atoms with van der Waals surface area (Å²) in [5, 5.41) is 9.81. The molecule has 154 valence electrons. The van der Waals surface area contributed by atoms with Crippen molar-refractivity contribution in [2.45, 2.75) is 32.2 Å². The van der Waals surface area contributed by atoms with Crippen LogP contribution < -0.4 is 10.6 Å². The van der Waals surface area contributed by atoms with Gasteiger partial charge in [0, 0.05) is 18.0 Å². The van der Waals surface area contributed by atoms with Crippen LogP contribution in [0.1, 0.15) is 30.5 Å². The van der Waals surface area contributed by atoms with Gasteiger partial charge in [-0.05, 0) is 48.7 Å². The number of carbonyl (C=O) groups is 2. The summed E-state index contributed by atoms with van der Waals surface area (Å²) in [5.41, 5.74) is 2.34. The number of nitrogens with zero attached hydrogens (tertiary/aromatic N) is 2. The third kappa shape index (κ3) is 3.80. The summed E-state index contributed by atoms with van der Waals surface area (Å²) in [6, 6.07) is 10.8. The molecule has 0 saturated heterocycles. The topological polar surface area (TPSA) is 76.0 Å². The van der Waals surface area contributed by atoms with Crippen LogP contribution in [-0.2, 0) is 28.0 Å². The van der Waals surface area contributed by atoms with Gasteiger partial charge in [0.15, 0.2) is 17.5 Å². The maximum Gasteiger partial charge on any atom is 0.234 e. The van der Waals surface area contributed by atoms with E-state index in [-0.39, 0.29) is 24.8 Å². The van der Waals surface area contributed by atoms with Crippen molar-refractivity contribution in [1.29, 1.82) is 0 Å². The van der Waals surface area contributed by atoms with Crippen LogP contribution in [0.4, 0.5) is 20.3 Å². The standard InChI is InChI=1S/C22H20F2N4O2/c1-22(2)15-9-13(4-6-18(15)25-21(22)30)11-20(29)26-19-7-8-28(27-19)12-14-3-5-16(23)17(24)10-14/h3-10H,11-12H2,1-2H3,(H,25,30)(H,26,27,29). The third-order valence-electron chi connectivity index (χ3n) is 5.17. The minimum atomic E-state index is -0.914. The number of hydrogen-bond acceptors (Lipinski definition) is 3. The van der Waals surface area contributed by atoms with Crippen molar-refractivity contribution in [1.82, 2.24) is 9.78 Å². The number of rotatable bonds is 5. The smallest absolute Gasteiger partial charge is 0.234 e. The summed E-state index contributed by atoms with van der Waals surface area (Å²) in [6.45, 7) is 3.93. The first-order valence-electron chi connectivity index (χ1n) is 9.44. The Morgan fingerprint density at radius 3 is 2.63 bits per heavy atom. The van der Waals surface area contributed by atoms with Gasteiger partial charge < -0.3 is 10.6 Å². The lowest BCUT2D eigenvalue weighted by Crippen LogP contribution is -2.27. The van der Waals surface area contributed by atoms with E-state index < -0.39 is 17.0 Å². The van der Waals surface area contributed by atoms with E-state index in [9.17, 15) is 18.4 Å². The fourth-order valence-electron chi connectivity index (χ4n) is 3.44. The predicted molar refractivity (Wildman–Crippen MR) is 108 cm³/mol. The monoisotopic (exact) mass is 410 g/mol. The molecule has 2 amide bonds. The summed E-state index contributed by atoms with van der Waals surface area (Å²) in [6.07, 6.45) is 1.78. The molecule has 4 rings (SSSR count). The van der Waals surface area contributed by atoms with Gasteiger partial charge in [0.05, 0.1) is 18.4 Å². The molecule has 0 aliphatic carbocycles. The largest absolute Gasteiger partial charge is 0.325 e. The summed E-state index contributed by atoms with van der Waals surface area (Å²) < 4.78 is 27.9. The molecule has 30 heavy (non-hydrogen) atoms. The number of halogens is 2. The number of amides is 2. The molecule has 2 N–H and O–H groups in total. The number of nitrogens with one attached hydrogen (secondary N) is 2. The molecule has 0 spiro atoms. The second-order valence-electron chi connectivity index (χ2n) is 7.83. The number of fused-ring (bicyclic) bond motifs is 1. The van der Waals surface area contributed by atoms with E-state index in [0.29, 0.717) is 11.4 Å². The Bertz CT molecular complexity index is 1150. The lowest BCUT2D eigenvalue weighted by molar-refractivity contribution is -0.119. The molecule has 3 aromatic rings. The van der Waals surface area contributed by atoms with Crippen molar-refractivity contribution in [3.63, 3.8) is 0 Å². The van der Waals surface area contributed by atoms with E-state index in [2.05, 4.69) is 15.7 Å². The Balaban J connectivity index is 1.40. The molecular weight excluding hydrogens is 390 g/mol. The number of hydrogen-bond donors (Lipinski definition) is 2. The fourth-order valence-corrected chi connectivity index (χ4v) is 3.44. The van der Waals surface area contributed by atoms with Crippen LogP contribution in [0.2, 0.25) is 0 Å². The number of anilines is 2. The van der Waals surface area contributed by atoms with E-state index >= 15 is 0 Å².